The molecule has 3 aromatic rings. The monoisotopic (exact) mass is 488 g/mol. The number of hydrogen-bond acceptors (Lipinski definition) is 8. The van der Waals surface area contributed by atoms with E-state index in [9.17, 15) is 4.79 Å². The van der Waals surface area contributed by atoms with Gasteiger partial charge in [-0.2, -0.15) is 0 Å². The van der Waals surface area contributed by atoms with Crippen molar-refractivity contribution in [3.8, 4) is 11.4 Å². The van der Waals surface area contributed by atoms with Crippen molar-refractivity contribution in [3.05, 3.63) is 53.5 Å². The Balaban J connectivity index is 1.49. The molecule has 1 atom stereocenters. The molecule has 2 aliphatic heterocycles. The van der Waals surface area contributed by atoms with Crippen molar-refractivity contribution >= 4 is 23.5 Å². The quantitative estimate of drug-likeness (QED) is 0.564. The summed E-state index contributed by atoms with van der Waals surface area (Å²) in [4.78, 5) is 35.5. The summed E-state index contributed by atoms with van der Waals surface area (Å²) < 4.78 is 5.69. The van der Waals surface area contributed by atoms with Gasteiger partial charge in [-0.05, 0) is 57.0 Å². The molecule has 0 saturated carbocycles. The largest absolute Gasteiger partial charge is 0.377 e. The number of carbonyl (C=O) groups is 1. The van der Waals surface area contributed by atoms with E-state index in [-0.39, 0.29) is 12.1 Å². The van der Waals surface area contributed by atoms with Gasteiger partial charge in [0.05, 0.1) is 31.5 Å². The van der Waals surface area contributed by atoms with E-state index < -0.39 is 0 Å². The summed E-state index contributed by atoms with van der Waals surface area (Å²) in [5.74, 6) is 2.37. The first-order valence-corrected chi connectivity index (χ1v) is 12.4. The van der Waals surface area contributed by atoms with Gasteiger partial charge in [0.1, 0.15) is 5.82 Å². The second-order valence-corrected chi connectivity index (χ2v) is 9.21. The molecular weight excluding hydrogens is 456 g/mol. The third-order valence-corrected chi connectivity index (χ3v) is 6.47. The fourth-order valence-electron chi connectivity index (χ4n) is 4.58. The highest BCUT2D eigenvalue weighted by Crippen LogP contribution is 2.32. The lowest BCUT2D eigenvalue weighted by Gasteiger charge is -2.37. The van der Waals surface area contributed by atoms with E-state index in [1.807, 2.05) is 50.5 Å². The number of morpholine rings is 1. The van der Waals surface area contributed by atoms with E-state index >= 15 is 0 Å². The van der Waals surface area contributed by atoms with Gasteiger partial charge in [-0.3, -0.25) is 0 Å². The summed E-state index contributed by atoms with van der Waals surface area (Å²) in [7, 11) is 0. The number of nitrogens with zero attached hydrogens (tertiary/aromatic N) is 6. The summed E-state index contributed by atoms with van der Waals surface area (Å²) in [5, 5.41) is 5.57. The number of nitrogens with one attached hydrogen (secondary N) is 2. The molecule has 1 aromatic carbocycles. The molecule has 2 aromatic heterocycles. The molecule has 2 amide bonds. The summed E-state index contributed by atoms with van der Waals surface area (Å²) in [5.41, 5.74) is 4.83. The number of aromatic nitrogens is 4. The minimum Gasteiger partial charge on any atom is -0.377 e. The minimum atomic E-state index is -0.225. The first-order chi connectivity index (χ1) is 17.5. The molecular formula is C26H32N8O2. The van der Waals surface area contributed by atoms with Crippen LogP contribution in [-0.4, -0.2) is 64.9 Å². The van der Waals surface area contributed by atoms with Crippen LogP contribution in [0.25, 0.3) is 11.4 Å². The van der Waals surface area contributed by atoms with Gasteiger partial charge in [0.15, 0.2) is 5.82 Å². The van der Waals surface area contributed by atoms with Crippen molar-refractivity contribution in [2.45, 2.75) is 39.8 Å². The van der Waals surface area contributed by atoms with Crippen LogP contribution >= 0.6 is 0 Å². The molecule has 0 radical (unpaired) electrons. The number of hydrogen-bond donors (Lipinski definition) is 2. The Morgan fingerprint density at radius 1 is 1.14 bits per heavy atom. The maximum absolute atomic E-state index is 11.9. The number of amides is 2. The average Bonchev–Trinajstić information content (AvgIpc) is 2.89. The van der Waals surface area contributed by atoms with E-state index in [1.165, 1.54) is 5.56 Å². The van der Waals surface area contributed by atoms with Crippen LogP contribution in [0.2, 0.25) is 0 Å². The maximum atomic E-state index is 11.9. The second kappa shape index (κ2) is 10.4. The smallest absolute Gasteiger partial charge is 0.319 e. The van der Waals surface area contributed by atoms with Crippen LogP contribution in [0.3, 0.4) is 0 Å². The Labute approximate surface area is 211 Å². The molecule has 2 N–H and O–H groups in total. The Kier molecular flexibility index (Phi) is 6.95. The fraction of sp³-hybridized carbons (Fsp3) is 0.423. The molecule has 1 fully saturated rings. The Morgan fingerprint density at radius 2 is 1.92 bits per heavy atom. The number of urea groups is 1. The van der Waals surface area contributed by atoms with Gasteiger partial charge in [0.2, 0.25) is 5.95 Å². The molecule has 36 heavy (non-hydrogen) atoms. The molecule has 5 rings (SSSR count). The highest BCUT2D eigenvalue weighted by atomic mass is 16.5. The summed E-state index contributed by atoms with van der Waals surface area (Å²) >= 11 is 0. The van der Waals surface area contributed by atoms with Gasteiger partial charge < -0.3 is 25.2 Å². The number of carbonyl (C=O) groups excluding carboxylic acids is 1. The first kappa shape index (κ1) is 23.9. The van der Waals surface area contributed by atoms with Crippen molar-refractivity contribution in [2.75, 3.05) is 48.0 Å². The van der Waals surface area contributed by atoms with Crippen LogP contribution in [-0.2, 0) is 17.7 Å². The fourth-order valence-corrected chi connectivity index (χ4v) is 4.58. The van der Waals surface area contributed by atoms with Gasteiger partial charge >= 0.3 is 6.03 Å². The van der Waals surface area contributed by atoms with Gasteiger partial charge in [-0.1, -0.05) is 0 Å². The van der Waals surface area contributed by atoms with Crippen LogP contribution in [0.5, 0.6) is 0 Å². The Bertz CT molecular complexity index is 1220. The zero-order valence-corrected chi connectivity index (χ0v) is 21.0. The molecule has 0 spiro atoms. The standard InChI is InChI=1S/C26H32N8O2/c1-4-27-26(35)30-20-7-5-19(6-8-20)23-31-22-15-33(25-28-13-17(2)14-29-25)10-9-21(22)24(32-23)34-11-12-36-16-18(34)3/h5-8,13-14,18H,4,9-12,15-16H2,1-3H3,(H2,27,30,35)/t18-/m0/s1. The lowest BCUT2D eigenvalue weighted by molar-refractivity contribution is 0.0984. The molecule has 4 heterocycles. The van der Waals surface area contributed by atoms with Gasteiger partial charge in [0.25, 0.3) is 0 Å². The number of anilines is 3. The molecule has 1 saturated heterocycles. The van der Waals surface area contributed by atoms with Crippen molar-refractivity contribution in [1.29, 1.82) is 0 Å². The van der Waals surface area contributed by atoms with Crippen LogP contribution in [0.4, 0.5) is 22.2 Å². The molecule has 2 aliphatic rings. The zero-order chi connectivity index (χ0) is 25.1. The van der Waals surface area contributed by atoms with Crippen molar-refractivity contribution < 1.29 is 9.53 Å². The van der Waals surface area contributed by atoms with Crippen molar-refractivity contribution in [2.24, 2.45) is 0 Å². The molecule has 188 valence electrons. The highest BCUT2D eigenvalue weighted by Gasteiger charge is 2.29. The van der Waals surface area contributed by atoms with Crippen LogP contribution in [0, 0.1) is 6.92 Å². The number of aryl methyl sites for hydroxylation is 1. The van der Waals surface area contributed by atoms with Gasteiger partial charge in [0, 0.05) is 48.8 Å². The Hall–Kier alpha value is -3.79. The topological polar surface area (TPSA) is 108 Å². The average molecular weight is 489 g/mol. The van der Waals surface area contributed by atoms with E-state index in [2.05, 4.69) is 37.3 Å². The molecule has 0 aliphatic carbocycles. The van der Waals surface area contributed by atoms with Crippen LogP contribution < -0.4 is 20.4 Å². The van der Waals surface area contributed by atoms with Crippen molar-refractivity contribution in [1.82, 2.24) is 25.3 Å². The maximum Gasteiger partial charge on any atom is 0.319 e. The predicted octanol–water partition coefficient (Wildman–Crippen LogP) is 3.17. The number of ether oxygens (including phenoxy) is 1. The molecule has 0 bridgehead atoms. The number of rotatable bonds is 5. The molecule has 0 unspecified atom stereocenters. The van der Waals surface area contributed by atoms with E-state index in [0.717, 1.165) is 42.1 Å². The Morgan fingerprint density at radius 3 is 2.64 bits per heavy atom. The number of fused-ring (bicyclic) bond motifs is 1. The third kappa shape index (κ3) is 5.08. The van der Waals surface area contributed by atoms with Gasteiger partial charge in [-0.15, -0.1) is 0 Å². The van der Waals surface area contributed by atoms with Crippen LogP contribution in [0.15, 0.2) is 36.7 Å². The normalized spacial score (nSPS) is 17.5. The minimum absolute atomic E-state index is 0.225. The molecule has 10 heteroatoms. The van der Waals surface area contributed by atoms with Crippen molar-refractivity contribution in [3.63, 3.8) is 0 Å². The van der Waals surface area contributed by atoms with E-state index in [4.69, 9.17) is 14.7 Å². The van der Waals surface area contributed by atoms with E-state index in [1.54, 1.807) is 0 Å². The highest BCUT2D eigenvalue weighted by molar-refractivity contribution is 5.89. The predicted molar refractivity (Wildman–Crippen MR) is 139 cm³/mol. The lowest BCUT2D eigenvalue weighted by Crippen LogP contribution is -2.45. The summed E-state index contributed by atoms with van der Waals surface area (Å²) in [6.45, 7) is 10.2. The number of benzene rings is 1. The zero-order valence-electron chi connectivity index (χ0n) is 21.0. The second-order valence-electron chi connectivity index (χ2n) is 9.21. The third-order valence-electron chi connectivity index (χ3n) is 6.47. The summed E-state index contributed by atoms with van der Waals surface area (Å²) in [6.07, 6.45) is 4.52. The molecule has 10 nitrogen and oxygen atoms in total. The SMILES string of the molecule is CCNC(=O)Nc1ccc(-c2nc3c(c(N4CCOC[C@@H]4C)n2)CCN(c2ncc(C)cn2)C3)cc1. The van der Waals surface area contributed by atoms with Gasteiger partial charge in [-0.25, -0.2) is 24.7 Å². The van der Waals surface area contributed by atoms with Crippen LogP contribution in [0.1, 0.15) is 30.7 Å². The lowest BCUT2D eigenvalue weighted by atomic mass is 10.0. The summed E-state index contributed by atoms with van der Waals surface area (Å²) in [6, 6.07) is 7.64. The van der Waals surface area contributed by atoms with E-state index in [0.29, 0.717) is 43.8 Å². The first-order valence-electron chi connectivity index (χ1n) is 12.4.